The number of ether oxygens (including phenoxy) is 1. The number of rotatable bonds is 15. The maximum absolute atomic E-state index is 10.9. The Kier molecular flexibility index (Phi) is 16.4. The van der Waals surface area contributed by atoms with Crippen molar-refractivity contribution in [1.82, 2.24) is 0 Å². The van der Waals surface area contributed by atoms with Crippen molar-refractivity contribution in [3.8, 4) is 0 Å². The fourth-order valence-electron chi connectivity index (χ4n) is 2.25. The van der Waals surface area contributed by atoms with Gasteiger partial charge < -0.3 is 4.74 Å². The molecule has 4 nitrogen and oxygen atoms in total. The second-order valence-electron chi connectivity index (χ2n) is 5.80. The van der Waals surface area contributed by atoms with Gasteiger partial charge >= 0.3 is 5.97 Å². The number of methoxy groups -OCH3 is 1. The van der Waals surface area contributed by atoms with Crippen LogP contribution in [0.3, 0.4) is 0 Å². The predicted molar refractivity (Wildman–Crippen MR) is 94.3 cm³/mol. The average molecular weight is 326 g/mol. The molecule has 23 heavy (non-hydrogen) atoms. The van der Waals surface area contributed by atoms with Crippen molar-refractivity contribution in [2.45, 2.75) is 83.7 Å². The van der Waals surface area contributed by atoms with E-state index in [2.05, 4.69) is 34.8 Å². The molecule has 134 valence electrons. The van der Waals surface area contributed by atoms with Gasteiger partial charge in [-0.25, -0.2) is 4.89 Å². The quantitative estimate of drug-likeness (QED) is 0.143. The Bertz CT molecular complexity index is 323. The van der Waals surface area contributed by atoms with Crippen LogP contribution in [0.2, 0.25) is 0 Å². The van der Waals surface area contributed by atoms with Gasteiger partial charge in [0.15, 0.2) is 0 Å². The molecule has 4 heteroatoms. The Labute approximate surface area is 141 Å². The van der Waals surface area contributed by atoms with Gasteiger partial charge in [0.2, 0.25) is 0 Å². The number of esters is 1. The third kappa shape index (κ3) is 15.5. The van der Waals surface area contributed by atoms with E-state index in [4.69, 9.17) is 5.26 Å². The molecule has 0 aromatic rings. The first-order valence-electron chi connectivity index (χ1n) is 8.93. The highest BCUT2D eigenvalue weighted by atomic mass is 17.1. The van der Waals surface area contributed by atoms with Crippen LogP contribution in [0.4, 0.5) is 0 Å². The van der Waals surface area contributed by atoms with Gasteiger partial charge in [-0.15, -0.1) is 0 Å². The molecule has 0 saturated carbocycles. The molecular weight excluding hydrogens is 292 g/mol. The van der Waals surface area contributed by atoms with Crippen molar-refractivity contribution in [3.05, 3.63) is 24.3 Å². The Hall–Kier alpha value is -1.13. The Morgan fingerprint density at radius 1 is 1.00 bits per heavy atom. The zero-order chi connectivity index (χ0) is 17.2. The van der Waals surface area contributed by atoms with E-state index < -0.39 is 0 Å². The highest BCUT2D eigenvalue weighted by Crippen LogP contribution is 2.08. The van der Waals surface area contributed by atoms with Gasteiger partial charge in [0.25, 0.3) is 0 Å². The molecule has 0 saturated heterocycles. The summed E-state index contributed by atoms with van der Waals surface area (Å²) < 4.78 is 4.60. The van der Waals surface area contributed by atoms with Crippen molar-refractivity contribution in [2.75, 3.05) is 7.11 Å². The Balaban J connectivity index is 3.59. The molecule has 0 aromatic heterocycles. The summed E-state index contributed by atoms with van der Waals surface area (Å²) in [4.78, 5) is 15.4. The van der Waals surface area contributed by atoms with Gasteiger partial charge in [-0.2, -0.15) is 0 Å². The summed E-state index contributed by atoms with van der Waals surface area (Å²) in [5, 5.41) is 8.89. The van der Waals surface area contributed by atoms with E-state index in [-0.39, 0.29) is 12.1 Å². The summed E-state index contributed by atoms with van der Waals surface area (Å²) in [5.41, 5.74) is 0. The molecule has 0 fully saturated rings. The molecule has 0 radical (unpaired) electrons. The standard InChI is InChI=1S/C19H34O4/c1-3-4-5-6-9-12-15-18(23-21)16-13-10-7-8-11-14-17-19(20)22-2/h9,12-13,16,18,21H,3-8,10-11,14-15,17H2,1-2H3/b12-9-,16-13-. The van der Waals surface area contributed by atoms with Gasteiger partial charge in [0.05, 0.1) is 7.11 Å². The molecule has 0 aliphatic rings. The fraction of sp³-hybridized carbons (Fsp3) is 0.737. The lowest BCUT2D eigenvalue weighted by Crippen LogP contribution is -2.05. The van der Waals surface area contributed by atoms with Crippen molar-refractivity contribution >= 4 is 5.97 Å². The van der Waals surface area contributed by atoms with E-state index in [1.165, 1.54) is 26.4 Å². The second kappa shape index (κ2) is 17.2. The highest BCUT2D eigenvalue weighted by Gasteiger charge is 2.01. The van der Waals surface area contributed by atoms with Crippen LogP contribution in [0.5, 0.6) is 0 Å². The number of allylic oxidation sites excluding steroid dienone is 2. The zero-order valence-electron chi connectivity index (χ0n) is 14.8. The summed E-state index contributed by atoms with van der Waals surface area (Å²) in [6.45, 7) is 2.20. The van der Waals surface area contributed by atoms with Gasteiger partial charge in [-0.1, -0.05) is 56.9 Å². The van der Waals surface area contributed by atoms with Crippen LogP contribution in [-0.2, 0) is 14.4 Å². The summed E-state index contributed by atoms with van der Waals surface area (Å²) >= 11 is 0. The zero-order valence-corrected chi connectivity index (χ0v) is 14.8. The molecule has 1 unspecified atom stereocenters. The minimum atomic E-state index is -0.253. The van der Waals surface area contributed by atoms with Crippen molar-refractivity contribution < 1.29 is 19.7 Å². The minimum absolute atomic E-state index is 0.129. The van der Waals surface area contributed by atoms with Crippen LogP contribution < -0.4 is 0 Å². The summed E-state index contributed by atoms with van der Waals surface area (Å²) in [6, 6.07) is 0. The van der Waals surface area contributed by atoms with Crippen LogP contribution in [-0.4, -0.2) is 24.4 Å². The van der Waals surface area contributed by atoms with E-state index in [1.807, 2.05) is 6.08 Å². The number of unbranched alkanes of at least 4 members (excludes halogenated alkanes) is 7. The van der Waals surface area contributed by atoms with Gasteiger partial charge in [0, 0.05) is 6.42 Å². The maximum Gasteiger partial charge on any atom is 0.305 e. The molecule has 1 N–H and O–H groups in total. The molecule has 0 amide bonds. The third-order valence-electron chi connectivity index (χ3n) is 3.72. The van der Waals surface area contributed by atoms with Gasteiger partial charge in [0.1, 0.15) is 6.10 Å². The molecule has 0 aliphatic carbocycles. The fourth-order valence-corrected chi connectivity index (χ4v) is 2.25. The van der Waals surface area contributed by atoms with Crippen LogP contribution >= 0.6 is 0 Å². The number of carbonyl (C=O) groups excluding carboxylic acids is 1. The molecule has 1 atom stereocenters. The molecule has 0 heterocycles. The molecule has 0 rings (SSSR count). The topological polar surface area (TPSA) is 55.8 Å². The first-order chi connectivity index (χ1) is 11.2. The lowest BCUT2D eigenvalue weighted by atomic mass is 10.1. The monoisotopic (exact) mass is 326 g/mol. The lowest BCUT2D eigenvalue weighted by molar-refractivity contribution is -0.264. The normalized spacial score (nSPS) is 13.0. The first kappa shape index (κ1) is 21.9. The Morgan fingerprint density at radius 2 is 1.70 bits per heavy atom. The van der Waals surface area contributed by atoms with Crippen LogP contribution in [0.15, 0.2) is 24.3 Å². The lowest BCUT2D eigenvalue weighted by Gasteiger charge is -2.05. The van der Waals surface area contributed by atoms with Crippen LogP contribution in [0.1, 0.15) is 77.6 Å². The summed E-state index contributed by atoms with van der Waals surface area (Å²) in [6.07, 6.45) is 19.1. The van der Waals surface area contributed by atoms with Crippen molar-refractivity contribution in [2.24, 2.45) is 0 Å². The number of hydrogen-bond donors (Lipinski definition) is 1. The third-order valence-corrected chi connectivity index (χ3v) is 3.72. The predicted octanol–water partition coefficient (Wildman–Crippen LogP) is 5.44. The average Bonchev–Trinajstić information content (AvgIpc) is 2.57. The molecular formula is C19H34O4. The summed E-state index contributed by atoms with van der Waals surface area (Å²) in [5.74, 6) is -0.129. The van der Waals surface area contributed by atoms with Crippen LogP contribution in [0, 0.1) is 0 Å². The molecule has 0 aliphatic heterocycles. The SMILES string of the molecule is CCCCC/C=C\CC(/C=C\CCCCCCC(=O)OC)OO. The second-order valence-corrected chi connectivity index (χ2v) is 5.80. The van der Waals surface area contributed by atoms with Gasteiger partial charge in [-0.3, -0.25) is 10.1 Å². The molecule has 0 spiro atoms. The van der Waals surface area contributed by atoms with Crippen molar-refractivity contribution in [3.63, 3.8) is 0 Å². The smallest absolute Gasteiger partial charge is 0.305 e. The van der Waals surface area contributed by atoms with Gasteiger partial charge in [-0.05, 0) is 38.5 Å². The van der Waals surface area contributed by atoms with E-state index >= 15 is 0 Å². The first-order valence-corrected chi connectivity index (χ1v) is 8.93. The molecule has 0 aromatic carbocycles. The number of carbonyl (C=O) groups is 1. The van der Waals surface area contributed by atoms with E-state index in [9.17, 15) is 4.79 Å². The van der Waals surface area contributed by atoms with E-state index in [1.54, 1.807) is 0 Å². The summed E-state index contributed by atoms with van der Waals surface area (Å²) in [7, 11) is 1.42. The molecule has 0 bridgehead atoms. The minimum Gasteiger partial charge on any atom is -0.469 e. The highest BCUT2D eigenvalue weighted by molar-refractivity contribution is 5.68. The maximum atomic E-state index is 10.9. The Morgan fingerprint density at radius 3 is 2.39 bits per heavy atom. The largest absolute Gasteiger partial charge is 0.469 e. The van der Waals surface area contributed by atoms with Crippen LogP contribution in [0.25, 0.3) is 0 Å². The number of hydrogen-bond acceptors (Lipinski definition) is 4. The van der Waals surface area contributed by atoms with Crippen molar-refractivity contribution in [1.29, 1.82) is 0 Å². The van der Waals surface area contributed by atoms with E-state index in [0.29, 0.717) is 12.8 Å². The van der Waals surface area contributed by atoms with E-state index in [0.717, 1.165) is 38.5 Å².